The van der Waals surface area contributed by atoms with Crippen LogP contribution in [0.15, 0.2) is 103 Å². The van der Waals surface area contributed by atoms with E-state index in [1.807, 2.05) is 78.9 Å². The second-order valence-electron chi connectivity index (χ2n) is 8.30. The van der Waals surface area contributed by atoms with Gasteiger partial charge in [0, 0.05) is 22.7 Å². The van der Waals surface area contributed by atoms with Crippen LogP contribution in [0.3, 0.4) is 0 Å². The molecule has 6 nitrogen and oxygen atoms in total. The second-order valence-corrected chi connectivity index (χ2v) is 8.71. The molecule has 0 saturated heterocycles. The highest BCUT2D eigenvalue weighted by Crippen LogP contribution is 2.31. The molecule has 7 heteroatoms. The number of halogens is 1. The maximum Gasteiger partial charge on any atom is 0.338 e. The zero-order valence-electron chi connectivity index (χ0n) is 19.7. The van der Waals surface area contributed by atoms with Crippen molar-refractivity contribution in [2.45, 2.75) is 6.54 Å². The molecular formula is C30H22ClN3O3. The number of rotatable bonds is 7. The van der Waals surface area contributed by atoms with Gasteiger partial charge in [-0.05, 0) is 29.8 Å². The van der Waals surface area contributed by atoms with Crippen molar-refractivity contribution in [1.82, 2.24) is 15.3 Å². The Morgan fingerprint density at radius 3 is 1.97 bits per heavy atom. The number of aromatic nitrogens is 2. The average molecular weight is 508 g/mol. The van der Waals surface area contributed by atoms with Crippen molar-refractivity contribution in [3.05, 3.63) is 119 Å². The molecule has 5 aromatic rings. The smallest absolute Gasteiger partial charge is 0.338 e. The van der Waals surface area contributed by atoms with Crippen LogP contribution in [0.4, 0.5) is 0 Å². The van der Waals surface area contributed by atoms with Crippen molar-refractivity contribution in [2.24, 2.45) is 0 Å². The fraction of sp³-hybridized carbons (Fsp3) is 0.0667. The third-order valence-electron chi connectivity index (χ3n) is 5.76. The monoisotopic (exact) mass is 507 g/mol. The topological polar surface area (TPSA) is 81.2 Å². The number of hydrogen-bond acceptors (Lipinski definition) is 5. The van der Waals surface area contributed by atoms with Gasteiger partial charge in [0.05, 0.1) is 28.0 Å². The van der Waals surface area contributed by atoms with Crippen LogP contribution in [-0.2, 0) is 16.1 Å². The third kappa shape index (κ3) is 5.66. The van der Waals surface area contributed by atoms with E-state index in [9.17, 15) is 9.59 Å². The lowest BCUT2D eigenvalue weighted by atomic mass is 10.0. The van der Waals surface area contributed by atoms with E-state index in [2.05, 4.69) is 5.32 Å². The highest BCUT2D eigenvalue weighted by molar-refractivity contribution is 6.31. The predicted octanol–water partition coefficient (Wildman–Crippen LogP) is 6.09. The molecule has 1 N–H and O–H groups in total. The maximum atomic E-state index is 12.7. The van der Waals surface area contributed by atoms with E-state index >= 15 is 0 Å². The quantitative estimate of drug-likeness (QED) is 0.269. The normalized spacial score (nSPS) is 10.7. The number of benzene rings is 4. The third-order valence-corrected chi connectivity index (χ3v) is 6.13. The molecule has 1 amide bonds. The number of hydrogen-bond donors (Lipinski definition) is 1. The van der Waals surface area contributed by atoms with Gasteiger partial charge in [0.25, 0.3) is 5.91 Å². The van der Waals surface area contributed by atoms with Crippen LogP contribution in [0, 0.1) is 0 Å². The molecule has 4 aromatic carbocycles. The molecule has 0 aliphatic rings. The van der Waals surface area contributed by atoms with E-state index in [0.717, 1.165) is 22.4 Å². The van der Waals surface area contributed by atoms with Gasteiger partial charge >= 0.3 is 5.97 Å². The summed E-state index contributed by atoms with van der Waals surface area (Å²) in [7, 11) is 0. The molecule has 0 aliphatic heterocycles. The van der Waals surface area contributed by atoms with E-state index in [4.69, 9.17) is 26.3 Å². The Hall–Kier alpha value is -4.55. The van der Waals surface area contributed by atoms with E-state index in [1.54, 1.807) is 24.3 Å². The first-order chi connectivity index (χ1) is 18.1. The lowest BCUT2D eigenvalue weighted by Crippen LogP contribution is -2.28. The fourth-order valence-corrected chi connectivity index (χ4v) is 4.08. The second kappa shape index (κ2) is 11.0. The van der Waals surface area contributed by atoms with Gasteiger partial charge in [0.2, 0.25) is 0 Å². The summed E-state index contributed by atoms with van der Waals surface area (Å²) in [4.78, 5) is 34.6. The van der Waals surface area contributed by atoms with Crippen LogP contribution in [0.2, 0.25) is 5.02 Å². The van der Waals surface area contributed by atoms with Gasteiger partial charge in [-0.15, -0.1) is 0 Å². The summed E-state index contributed by atoms with van der Waals surface area (Å²) >= 11 is 6.11. The van der Waals surface area contributed by atoms with Crippen molar-refractivity contribution in [1.29, 1.82) is 0 Å². The molecule has 0 unspecified atom stereocenters. The fourth-order valence-electron chi connectivity index (χ4n) is 3.88. The summed E-state index contributed by atoms with van der Waals surface area (Å²) in [6.45, 7) is -0.164. The SMILES string of the molecule is O=C(COC(=O)c1ccc2nc(-c3ccccc3)c(-c3ccccc3)nc2c1)NCc1ccccc1Cl. The Labute approximate surface area is 218 Å². The Balaban J connectivity index is 1.35. The van der Waals surface area contributed by atoms with Gasteiger partial charge in [-0.2, -0.15) is 0 Å². The highest BCUT2D eigenvalue weighted by Gasteiger charge is 2.16. The first-order valence-electron chi connectivity index (χ1n) is 11.7. The van der Waals surface area contributed by atoms with Crippen LogP contribution in [-0.4, -0.2) is 28.5 Å². The summed E-state index contributed by atoms with van der Waals surface area (Å²) in [6.07, 6.45) is 0. The van der Waals surface area contributed by atoms with Crippen molar-refractivity contribution in [3.63, 3.8) is 0 Å². The summed E-state index contributed by atoms with van der Waals surface area (Å²) in [6, 6.07) is 31.8. The molecular weight excluding hydrogens is 486 g/mol. The molecule has 0 spiro atoms. The first-order valence-corrected chi connectivity index (χ1v) is 12.1. The Bertz CT molecular complexity index is 1570. The number of amides is 1. The molecule has 0 radical (unpaired) electrons. The van der Waals surface area contributed by atoms with Crippen molar-refractivity contribution < 1.29 is 14.3 Å². The van der Waals surface area contributed by atoms with Crippen molar-refractivity contribution in [3.8, 4) is 22.5 Å². The molecule has 0 saturated carbocycles. The standard InChI is InChI=1S/C30H22ClN3O3/c31-24-14-8-7-13-23(24)18-32-27(35)19-37-30(36)22-15-16-25-26(17-22)34-29(21-11-5-2-6-12-21)28(33-25)20-9-3-1-4-10-20/h1-17H,18-19H2,(H,32,35). The Morgan fingerprint density at radius 2 is 1.32 bits per heavy atom. The number of nitrogens with one attached hydrogen (secondary N) is 1. The number of esters is 1. The van der Waals surface area contributed by atoms with E-state index in [-0.39, 0.29) is 12.1 Å². The number of nitrogens with zero attached hydrogens (tertiary/aromatic N) is 2. The molecule has 182 valence electrons. The van der Waals surface area contributed by atoms with Gasteiger partial charge in [-0.1, -0.05) is 90.5 Å². The molecule has 0 aliphatic carbocycles. The minimum absolute atomic E-state index is 0.244. The van der Waals surface area contributed by atoms with Gasteiger partial charge in [-0.3, -0.25) is 4.79 Å². The highest BCUT2D eigenvalue weighted by atomic mass is 35.5. The summed E-state index contributed by atoms with van der Waals surface area (Å²) < 4.78 is 5.23. The Morgan fingerprint density at radius 1 is 0.730 bits per heavy atom. The zero-order valence-corrected chi connectivity index (χ0v) is 20.5. The van der Waals surface area contributed by atoms with Crippen LogP contribution >= 0.6 is 11.6 Å². The number of ether oxygens (including phenoxy) is 1. The van der Waals surface area contributed by atoms with Crippen LogP contribution in [0.25, 0.3) is 33.5 Å². The van der Waals surface area contributed by atoms with E-state index in [1.165, 1.54) is 0 Å². The van der Waals surface area contributed by atoms with Gasteiger partial charge in [0.1, 0.15) is 0 Å². The van der Waals surface area contributed by atoms with E-state index < -0.39 is 18.5 Å². The molecule has 0 atom stereocenters. The van der Waals surface area contributed by atoms with Crippen LogP contribution in [0.5, 0.6) is 0 Å². The largest absolute Gasteiger partial charge is 0.452 e. The van der Waals surface area contributed by atoms with Gasteiger partial charge in [-0.25, -0.2) is 14.8 Å². The summed E-state index contributed by atoms with van der Waals surface area (Å²) in [5.74, 6) is -1.04. The number of fused-ring (bicyclic) bond motifs is 1. The maximum absolute atomic E-state index is 12.7. The summed E-state index contributed by atoms with van der Waals surface area (Å²) in [5.41, 5.74) is 5.59. The minimum Gasteiger partial charge on any atom is -0.452 e. The molecule has 0 fully saturated rings. The lowest BCUT2D eigenvalue weighted by Gasteiger charge is -2.11. The molecule has 5 rings (SSSR count). The Kier molecular flexibility index (Phi) is 7.19. The summed E-state index contributed by atoms with van der Waals surface area (Å²) in [5, 5.41) is 3.26. The number of carbonyl (C=O) groups excluding carboxylic acids is 2. The molecule has 1 aromatic heterocycles. The lowest BCUT2D eigenvalue weighted by molar-refractivity contribution is -0.124. The predicted molar refractivity (Wildman–Crippen MR) is 144 cm³/mol. The van der Waals surface area contributed by atoms with Gasteiger partial charge < -0.3 is 10.1 Å². The number of carbonyl (C=O) groups is 2. The van der Waals surface area contributed by atoms with Crippen molar-refractivity contribution in [2.75, 3.05) is 6.61 Å². The van der Waals surface area contributed by atoms with Crippen molar-refractivity contribution >= 4 is 34.5 Å². The molecule has 0 bridgehead atoms. The van der Waals surface area contributed by atoms with Crippen LogP contribution < -0.4 is 5.32 Å². The van der Waals surface area contributed by atoms with E-state index in [0.29, 0.717) is 21.7 Å². The average Bonchev–Trinajstić information content (AvgIpc) is 2.95. The van der Waals surface area contributed by atoms with Gasteiger partial charge in [0.15, 0.2) is 6.61 Å². The zero-order chi connectivity index (χ0) is 25.6. The minimum atomic E-state index is -0.620. The van der Waals surface area contributed by atoms with Crippen LogP contribution in [0.1, 0.15) is 15.9 Å². The molecule has 1 heterocycles. The molecule has 37 heavy (non-hydrogen) atoms. The first kappa shape index (κ1) is 24.2.